The van der Waals surface area contributed by atoms with Crippen LogP contribution in [0.5, 0.6) is 0 Å². The van der Waals surface area contributed by atoms with Gasteiger partial charge >= 0.3 is 23.8 Å². The van der Waals surface area contributed by atoms with Crippen LogP contribution in [0, 0.1) is 69.5 Å². The predicted octanol–water partition coefficient (Wildman–Crippen LogP) is 10.2. The second-order valence-electron chi connectivity index (χ2n) is 24.1. The fourth-order valence-corrected chi connectivity index (χ4v) is 18.5. The Morgan fingerprint density at radius 3 is 1.32 bits per heavy atom. The van der Waals surface area contributed by atoms with Gasteiger partial charge in [0.05, 0.1) is 40.4 Å². The van der Waals surface area contributed by atoms with Crippen LogP contribution in [0.15, 0.2) is 106 Å². The molecule has 16 rings (SSSR count). The molecule has 13 fully saturated rings. The fourth-order valence-electron chi connectivity index (χ4n) is 16.4. The first-order valence-electron chi connectivity index (χ1n) is 26.3. The SMILES string of the molecule is CC(F)(F)C(=O)OC12CC3CC(C1)C1(OCC(COC(=O)C45CC6CC(C4)C(=O)C(C6)C5)(COC(=O)C45CC6CC(C4)C(=O)C(C6)C5)CO1)C(C3)C2.c1ccc([S+](c2ccccc2)c2ccccc2)cc1. The summed E-state index contributed by atoms with van der Waals surface area (Å²) >= 11 is 0. The summed E-state index contributed by atoms with van der Waals surface area (Å²) in [4.78, 5) is 70.2. The second-order valence-corrected chi connectivity index (χ2v) is 26.1. The van der Waals surface area contributed by atoms with Crippen molar-refractivity contribution in [3.8, 4) is 0 Å². The molecule has 13 heteroatoms. The molecule has 10 nitrogen and oxygen atoms in total. The van der Waals surface area contributed by atoms with Gasteiger partial charge in [0.2, 0.25) is 0 Å². The number of alkyl halides is 2. The van der Waals surface area contributed by atoms with Crippen LogP contribution >= 0.6 is 0 Å². The van der Waals surface area contributed by atoms with Crippen LogP contribution in [-0.4, -0.2) is 73.2 Å². The van der Waals surface area contributed by atoms with Crippen molar-refractivity contribution in [1.82, 2.24) is 0 Å². The molecule has 13 aliphatic rings. The maximum atomic E-state index is 14.0. The van der Waals surface area contributed by atoms with Gasteiger partial charge in [0, 0.05) is 42.4 Å². The van der Waals surface area contributed by atoms with Crippen molar-refractivity contribution in [1.29, 1.82) is 0 Å². The van der Waals surface area contributed by atoms with Gasteiger partial charge in [0.25, 0.3) is 0 Å². The summed E-state index contributed by atoms with van der Waals surface area (Å²) in [5, 5.41) is 0. The zero-order valence-corrected chi connectivity index (χ0v) is 41.4. The highest BCUT2D eigenvalue weighted by Gasteiger charge is 2.68. The minimum atomic E-state index is -3.58. The number of esters is 3. The lowest BCUT2D eigenvalue weighted by Crippen LogP contribution is -2.69. The second kappa shape index (κ2) is 17.6. The third-order valence-electron chi connectivity index (χ3n) is 19.0. The minimum Gasteiger partial charge on any atom is -0.464 e. The normalized spacial score (nSPS) is 39.9. The summed E-state index contributed by atoms with van der Waals surface area (Å²) in [6, 6.07) is 32.2. The zero-order valence-electron chi connectivity index (χ0n) is 40.5. The van der Waals surface area contributed by atoms with Gasteiger partial charge in [-0.05, 0) is 150 Å². The Bertz CT molecular complexity index is 2340. The number of halogens is 2. The Morgan fingerprint density at radius 1 is 0.563 bits per heavy atom. The van der Waals surface area contributed by atoms with Crippen molar-refractivity contribution in [2.75, 3.05) is 26.4 Å². The summed E-state index contributed by atoms with van der Waals surface area (Å²) in [5.41, 5.74) is -3.30. The van der Waals surface area contributed by atoms with Crippen LogP contribution < -0.4 is 0 Å². The first kappa shape index (κ1) is 47.5. The fraction of sp³-hybridized carbons (Fsp3) is 0.603. The number of rotatable bonds is 11. The van der Waals surface area contributed by atoms with E-state index in [1.807, 2.05) is 0 Å². The largest absolute Gasteiger partial charge is 0.464 e. The van der Waals surface area contributed by atoms with E-state index in [-0.39, 0.29) is 90.7 Å². The van der Waals surface area contributed by atoms with Crippen molar-refractivity contribution in [3.63, 3.8) is 0 Å². The van der Waals surface area contributed by atoms with Crippen molar-refractivity contribution in [2.24, 2.45) is 69.5 Å². The molecule has 0 radical (unpaired) electrons. The number of benzene rings is 3. The first-order valence-corrected chi connectivity index (χ1v) is 27.5. The molecule has 71 heavy (non-hydrogen) atoms. The topological polar surface area (TPSA) is 132 Å². The summed E-state index contributed by atoms with van der Waals surface area (Å²) in [6.07, 6.45) is 9.83. The van der Waals surface area contributed by atoms with Crippen molar-refractivity contribution >= 4 is 40.4 Å². The highest BCUT2D eigenvalue weighted by Crippen LogP contribution is 2.65. The van der Waals surface area contributed by atoms with Gasteiger partial charge in [-0.2, -0.15) is 8.78 Å². The van der Waals surface area contributed by atoms with E-state index in [0.29, 0.717) is 75.3 Å². The Morgan fingerprint density at radius 2 is 0.944 bits per heavy atom. The lowest BCUT2D eigenvalue weighted by molar-refractivity contribution is -0.397. The maximum Gasteiger partial charge on any atom is 0.377 e. The maximum absolute atomic E-state index is 14.0. The van der Waals surface area contributed by atoms with E-state index in [0.717, 1.165) is 51.4 Å². The molecule has 12 aliphatic carbocycles. The molecule has 12 saturated carbocycles. The smallest absolute Gasteiger partial charge is 0.377 e. The van der Waals surface area contributed by atoms with E-state index in [4.69, 9.17) is 23.7 Å². The number of carbonyl (C=O) groups is 5. The van der Waals surface area contributed by atoms with Crippen LogP contribution in [0.2, 0.25) is 0 Å². The van der Waals surface area contributed by atoms with Gasteiger partial charge in [-0.25, -0.2) is 4.79 Å². The van der Waals surface area contributed by atoms with Crippen molar-refractivity contribution in [2.45, 2.75) is 135 Å². The lowest BCUT2D eigenvalue weighted by atomic mass is 9.49. The van der Waals surface area contributed by atoms with Crippen molar-refractivity contribution in [3.05, 3.63) is 91.0 Å². The monoisotopic (exact) mass is 991 g/mol. The highest BCUT2D eigenvalue weighted by molar-refractivity contribution is 7.97. The van der Waals surface area contributed by atoms with Gasteiger partial charge in [0.15, 0.2) is 20.5 Å². The summed E-state index contributed by atoms with van der Waals surface area (Å²) in [5.74, 6) is -5.81. The number of hydrogen-bond donors (Lipinski definition) is 0. The Balaban J connectivity index is 0.000000228. The number of Topliss-reactive ketones (excluding diaryl/α,β-unsaturated/α-hetero) is 2. The molecule has 6 atom stereocenters. The average molecular weight is 992 g/mol. The molecular formula is C58H65F2O10S+. The van der Waals surface area contributed by atoms with Gasteiger partial charge < -0.3 is 23.7 Å². The number of ketones is 2. The molecule has 1 heterocycles. The van der Waals surface area contributed by atoms with Crippen molar-refractivity contribution < 1.29 is 56.4 Å². The molecule has 0 amide bonds. The molecule has 1 spiro atoms. The number of ether oxygens (including phenoxy) is 5. The minimum absolute atomic E-state index is 0.0146. The molecule has 1 saturated heterocycles. The quantitative estimate of drug-likeness (QED) is 0.104. The Hall–Kier alpha value is -4.46. The predicted molar refractivity (Wildman–Crippen MR) is 255 cm³/mol. The number of carbonyl (C=O) groups excluding carboxylic acids is 5. The standard InChI is InChI=1S/C40H50F2O10.C18H15S/c1-35(41,42)32(45)52-39-10-23-6-28(15-39)40(29(7-23)16-39)50-19-36(20-51-40,17-48-33(46)37-8-21-2-24(11-37)30(43)25(3-21)12-37)18-49-34(47)38-9-22-4-26(13-38)31(44)27(5-22)14-38;1-4-10-16(11-5-1)19(17-12-6-2-7-13-17)18-14-8-3-9-15-18/h21-29H,2-20H2,1H3;1-15H/q;+1. The molecule has 12 bridgehead atoms. The molecule has 0 aromatic heterocycles. The average Bonchev–Trinajstić information content (AvgIpc) is 3.35. The van der Waals surface area contributed by atoms with Gasteiger partial charge in [0.1, 0.15) is 30.4 Å². The summed E-state index contributed by atoms with van der Waals surface area (Å²) in [7, 11) is -0.0146. The summed E-state index contributed by atoms with van der Waals surface area (Å²) in [6.45, 7) is 0.619. The first-order chi connectivity index (χ1) is 34.1. The van der Waals surface area contributed by atoms with E-state index in [9.17, 15) is 32.8 Å². The Kier molecular flexibility index (Phi) is 11.8. The third-order valence-corrected chi connectivity index (χ3v) is 21.2. The van der Waals surface area contributed by atoms with E-state index in [2.05, 4.69) is 91.0 Å². The van der Waals surface area contributed by atoms with E-state index >= 15 is 0 Å². The van der Waals surface area contributed by atoms with Crippen LogP contribution in [-0.2, 0) is 58.6 Å². The molecule has 1 aliphatic heterocycles. The van der Waals surface area contributed by atoms with Gasteiger partial charge in [-0.15, -0.1) is 0 Å². The van der Waals surface area contributed by atoms with Gasteiger partial charge in [-0.1, -0.05) is 54.6 Å². The summed E-state index contributed by atoms with van der Waals surface area (Å²) < 4.78 is 59.4. The molecule has 3 aromatic carbocycles. The molecule has 6 unspecified atom stereocenters. The molecule has 0 N–H and O–H groups in total. The number of hydrogen-bond acceptors (Lipinski definition) is 10. The Labute approximate surface area is 417 Å². The third kappa shape index (κ3) is 8.39. The van der Waals surface area contributed by atoms with E-state index in [1.54, 1.807) is 0 Å². The molecule has 3 aromatic rings. The van der Waals surface area contributed by atoms with E-state index in [1.165, 1.54) is 14.7 Å². The molecular weight excluding hydrogens is 927 g/mol. The van der Waals surface area contributed by atoms with Gasteiger partial charge in [-0.3, -0.25) is 19.2 Å². The highest BCUT2D eigenvalue weighted by atomic mass is 32.2. The molecule has 376 valence electrons. The van der Waals surface area contributed by atoms with Crippen LogP contribution in [0.4, 0.5) is 8.78 Å². The van der Waals surface area contributed by atoms with Crippen LogP contribution in [0.1, 0.15) is 103 Å². The zero-order chi connectivity index (χ0) is 49.0. The lowest BCUT2D eigenvalue weighted by Gasteiger charge is -2.65. The van der Waals surface area contributed by atoms with Crippen LogP contribution in [0.3, 0.4) is 0 Å². The van der Waals surface area contributed by atoms with E-state index < -0.39 is 39.5 Å². The van der Waals surface area contributed by atoms with Crippen LogP contribution in [0.25, 0.3) is 0 Å².